The Labute approximate surface area is 63.1 Å². The summed E-state index contributed by atoms with van der Waals surface area (Å²) in [4.78, 5) is 0. The van der Waals surface area contributed by atoms with Gasteiger partial charge in [-0.25, -0.2) is 0 Å². The van der Waals surface area contributed by atoms with Crippen molar-refractivity contribution in [2.75, 3.05) is 0 Å². The first-order chi connectivity index (χ1) is 0. The Balaban J connectivity index is 0. The zero-order valence-electron chi connectivity index (χ0n) is 1.63. The normalized spacial score (nSPS) is 0. The molecule has 0 aliphatic rings. The largest absolute Gasteiger partial charge is 2.00 e. The van der Waals surface area contributed by atoms with Gasteiger partial charge in [-0.05, 0) is 0 Å². The summed E-state index contributed by atoms with van der Waals surface area (Å²) >= 11 is 0. The summed E-state index contributed by atoms with van der Waals surface area (Å²) in [6.45, 7) is 0. The van der Waals surface area contributed by atoms with Gasteiger partial charge in [0.2, 0.25) is 0 Å². The van der Waals surface area contributed by atoms with Gasteiger partial charge in [0.15, 0.2) is 0 Å². The molecule has 0 aromatic carbocycles. The number of rotatable bonds is 0. The maximum atomic E-state index is 0. The van der Waals surface area contributed by atoms with Crippen LogP contribution >= 0.6 is 0 Å². The van der Waals surface area contributed by atoms with Crippen LogP contribution in [-0.4, -0.2) is 0 Å². The molecular weight excluding hydrogens is 198 g/mol. The maximum absolute atomic E-state index is 0. The number of hydrogen-bond acceptors (Lipinski definition) is 0. The predicted molar refractivity (Wildman–Crippen MR) is 0 cm³/mol. The summed E-state index contributed by atoms with van der Waals surface area (Å²) in [7, 11) is 0. The van der Waals surface area contributed by atoms with Crippen LogP contribution in [0.3, 0.4) is 0 Å². The van der Waals surface area contributed by atoms with Crippen LogP contribution in [0.15, 0.2) is 0 Å². The third-order valence-electron chi connectivity index (χ3n) is 0. The Morgan fingerprint density at radius 3 is 0.500 bits per heavy atom. The van der Waals surface area contributed by atoms with Crippen LogP contribution in [0.1, 0.15) is 0 Å². The van der Waals surface area contributed by atoms with Crippen LogP contribution < -0.4 is 37.2 Å². The first-order valence-corrected chi connectivity index (χ1v) is 0. The van der Waals surface area contributed by atoms with Crippen molar-refractivity contribution in [1.82, 2.24) is 0 Å². The van der Waals surface area contributed by atoms with E-state index in [4.69, 9.17) is 0 Å². The second-order valence-corrected chi connectivity index (χ2v) is 0. The molecule has 0 aromatic rings. The third-order valence-corrected chi connectivity index (χ3v) is 0. The van der Waals surface area contributed by atoms with Gasteiger partial charge >= 0.3 is 26.2 Å². The fourth-order valence-corrected chi connectivity index (χ4v) is 0. The quantitative estimate of drug-likeness (QED) is 0.362. The molecule has 0 radical (unpaired) electrons. The Kier molecular flexibility index (Phi) is 230. The van der Waals surface area contributed by atoms with Crippen LogP contribution in [0.5, 0.6) is 0 Å². The van der Waals surface area contributed by atoms with Crippen LogP contribution in [0, 0.1) is 0 Å². The van der Waals surface area contributed by atoms with Crippen molar-refractivity contribution >= 4 is 0 Å². The molecule has 4 heavy (non-hydrogen) atoms. The Morgan fingerprint density at radius 2 is 0.500 bits per heavy atom. The molecule has 0 nitrogen and oxygen atoms in total. The monoisotopic (exact) mass is 195 g/mol. The van der Waals surface area contributed by atoms with E-state index in [9.17, 15) is 0 Å². The second kappa shape index (κ2) is 21.8. The van der Waals surface area contributed by atoms with Crippen molar-refractivity contribution in [1.29, 1.82) is 0 Å². The standard InChI is InChI=1S/3ClH.Zr/h3*1H;/q;;;+2/p-3. The maximum Gasteiger partial charge on any atom is 2.00 e. The van der Waals surface area contributed by atoms with E-state index in [0.717, 1.165) is 0 Å². The molecule has 0 spiro atoms. The van der Waals surface area contributed by atoms with E-state index in [1.807, 2.05) is 0 Å². The van der Waals surface area contributed by atoms with Gasteiger partial charge in [0, 0.05) is 0 Å². The van der Waals surface area contributed by atoms with Crippen LogP contribution in [0.2, 0.25) is 0 Å². The van der Waals surface area contributed by atoms with Gasteiger partial charge in [0.25, 0.3) is 0 Å². The van der Waals surface area contributed by atoms with Crippen LogP contribution in [0.25, 0.3) is 0 Å². The minimum Gasteiger partial charge on any atom is -1.00 e. The van der Waals surface area contributed by atoms with Gasteiger partial charge < -0.3 is 37.2 Å². The third kappa shape index (κ3) is 9.26. The van der Waals surface area contributed by atoms with E-state index in [2.05, 4.69) is 0 Å². The van der Waals surface area contributed by atoms with E-state index in [-0.39, 0.29) is 63.4 Å². The zero-order chi connectivity index (χ0) is 0. The van der Waals surface area contributed by atoms with Gasteiger partial charge in [-0.1, -0.05) is 0 Å². The fraction of sp³-hybridized carbons (Fsp3) is 0. The molecular formula is Cl3Zr-. The van der Waals surface area contributed by atoms with Crippen molar-refractivity contribution < 1.29 is 63.4 Å². The molecule has 0 heterocycles. The van der Waals surface area contributed by atoms with Gasteiger partial charge in [0.1, 0.15) is 0 Å². The minimum absolute atomic E-state index is 0. The molecule has 0 aliphatic heterocycles. The minimum atomic E-state index is 0. The number of halogens is 3. The van der Waals surface area contributed by atoms with Crippen LogP contribution in [-0.2, 0) is 26.2 Å². The average molecular weight is 198 g/mol. The summed E-state index contributed by atoms with van der Waals surface area (Å²) in [6, 6.07) is 0. The van der Waals surface area contributed by atoms with Crippen molar-refractivity contribution in [2.24, 2.45) is 0 Å². The molecule has 0 fully saturated rings. The van der Waals surface area contributed by atoms with Crippen molar-refractivity contribution in [3.8, 4) is 0 Å². The van der Waals surface area contributed by atoms with Gasteiger partial charge in [-0.2, -0.15) is 0 Å². The fourth-order valence-electron chi connectivity index (χ4n) is 0. The summed E-state index contributed by atoms with van der Waals surface area (Å²) in [5.41, 5.74) is 0. The average Bonchev–Trinajstić information content (AvgIpc) is 0. The number of hydrogen-bond donors (Lipinski definition) is 0. The molecule has 0 amide bonds. The van der Waals surface area contributed by atoms with Gasteiger partial charge in [-0.15, -0.1) is 0 Å². The molecule has 0 saturated carbocycles. The molecule has 26 valence electrons. The molecule has 0 rings (SSSR count). The molecule has 0 N–H and O–H groups in total. The first kappa shape index (κ1) is 42.3. The zero-order valence-corrected chi connectivity index (χ0v) is 6.36. The summed E-state index contributed by atoms with van der Waals surface area (Å²) in [5, 5.41) is 0. The van der Waals surface area contributed by atoms with Gasteiger partial charge in [-0.3, -0.25) is 0 Å². The van der Waals surface area contributed by atoms with E-state index >= 15 is 0 Å². The smallest absolute Gasteiger partial charge is 1.00 e. The molecule has 0 aromatic heterocycles. The van der Waals surface area contributed by atoms with E-state index in [0.29, 0.717) is 0 Å². The van der Waals surface area contributed by atoms with Crippen molar-refractivity contribution in [3.63, 3.8) is 0 Å². The molecule has 0 atom stereocenters. The molecule has 4 heteroatoms. The van der Waals surface area contributed by atoms with Crippen LogP contribution in [0.4, 0.5) is 0 Å². The summed E-state index contributed by atoms with van der Waals surface area (Å²) in [5.74, 6) is 0. The Bertz CT molecular complexity index is 3.25. The molecule has 0 saturated heterocycles. The Morgan fingerprint density at radius 1 is 0.500 bits per heavy atom. The summed E-state index contributed by atoms with van der Waals surface area (Å²) < 4.78 is 0. The SMILES string of the molecule is [Cl-].[Cl-].[Cl-].[Zr+2]. The van der Waals surface area contributed by atoms with E-state index in [1.54, 1.807) is 0 Å². The van der Waals surface area contributed by atoms with Gasteiger partial charge in [0.05, 0.1) is 0 Å². The molecule has 0 aliphatic carbocycles. The topological polar surface area (TPSA) is 0 Å². The second-order valence-electron chi connectivity index (χ2n) is 0. The van der Waals surface area contributed by atoms with Crippen molar-refractivity contribution in [3.05, 3.63) is 0 Å². The molecule has 0 bridgehead atoms. The summed E-state index contributed by atoms with van der Waals surface area (Å²) in [6.07, 6.45) is 0. The first-order valence-electron chi connectivity index (χ1n) is 0. The predicted octanol–water partition coefficient (Wildman–Crippen LogP) is -8.99. The van der Waals surface area contributed by atoms with E-state index in [1.165, 1.54) is 0 Å². The van der Waals surface area contributed by atoms with E-state index < -0.39 is 0 Å². The van der Waals surface area contributed by atoms with Crippen molar-refractivity contribution in [2.45, 2.75) is 0 Å². The Hall–Kier alpha value is 1.75. The molecule has 0 unspecified atom stereocenters.